The van der Waals surface area contributed by atoms with Crippen LogP contribution >= 0.6 is 0 Å². The third-order valence-corrected chi connectivity index (χ3v) is 2.02. The predicted octanol–water partition coefficient (Wildman–Crippen LogP) is 0.786. The lowest BCUT2D eigenvalue weighted by Gasteiger charge is -2.05. The van der Waals surface area contributed by atoms with Crippen LogP contribution in [0.5, 0.6) is 0 Å². The quantitative estimate of drug-likeness (QED) is 0.448. The van der Waals surface area contributed by atoms with Crippen LogP contribution in [0.25, 0.3) is 0 Å². The lowest BCUT2D eigenvalue weighted by atomic mass is 10.1. The summed E-state index contributed by atoms with van der Waals surface area (Å²) in [5.41, 5.74) is 0.184. The van der Waals surface area contributed by atoms with Gasteiger partial charge in [-0.2, -0.15) is 0 Å². The first-order valence-corrected chi connectivity index (χ1v) is 4.84. The van der Waals surface area contributed by atoms with Crippen LogP contribution < -0.4 is 5.32 Å². The summed E-state index contributed by atoms with van der Waals surface area (Å²) in [6.07, 6.45) is 0. The summed E-state index contributed by atoms with van der Waals surface area (Å²) in [5, 5.41) is 21.9. The molecule has 0 saturated heterocycles. The van der Waals surface area contributed by atoms with Crippen molar-refractivity contribution in [2.45, 2.75) is 0 Å². The SMILES string of the molecule is CNc1ccc(C(=O)OCCO)cc1[N+](=O)[O-]. The molecule has 7 nitrogen and oxygen atoms in total. The number of nitrogens with one attached hydrogen (secondary N) is 1. The van der Waals surface area contributed by atoms with E-state index in [0.29, 0.717) is 5.69 Å². The predicted molar refractivity (Wildman–Crippen MR) is 60.0 cm³/mol. The lowest BCUT2D eigenvalue weighted by molar-refractivity contribution is -0.384. The number of anilines is 1. The van der Waals surface area contributed by atoms with Gasteiger partial charge in [-0.1, -0.05) is 0 Å². The first-order chi connectivity index (χ1) is 8.10. The van der Waals surface area contributed by atoms with E-state index in [-0.39, 0.29) is 24.5 Å². The molecule has 92 valence electrons. The molecule has 0 aliphatic heterocycles. The summed E-state index contributed by atoms with van der Waals surface area (Å²) >= 11 is 0. The van der Waals surface area contributed by atoms with E-state index in [1.807, 2.05) is 0 Å². The molecular weight excluding hydrogens is 228 g/mol. The molecule has 0 aliphatic carbocycles. The summed E-state index contributed by atoms with van der Waals surface area (Å²) < 4.78 is 4.65. The standard InChI is InChI=1S/C10H12N2O5/c1-11-8-3-2-7(6-9(8)12(15)16)10(14)17-5-4-13/h2-3,6,11,13H,4-5H2,1H3. The first kappa shape index (κ1) is 12.9. The van der Waals surface area contributed by atoms with Gasteiger partial charge < -0.3 is 15.2 Å². The average Bonchev–Trinajstić information content (AvgIpc) is 2.34. The minimum atomic E-state index is -0.704. The van der Waals surface area contributed by atoms with E-state index < -0.39 is 10.9 Å². The van der Waals surface area contributed by atoms with Crippen LogP contribution in [0.15, 0.2) is 18.2 Å². The second kappa shape index (κ2) is 5.80. The molecule has 1 aromatic carbocycles. The van der Waals surface area contributed by atoms with Gasteiger partial charge in [-0.25, -0.2) is 4.79 Å². The number of nitro benzene ring substituents is 1. The van der Waals surface area contributed by atoms with E-state index in [1.54, 1.807) is 7.05 Å². The number of nitro groups is 1. The summed E-state index contributed by atoms with van der Waals surface area (Å²) in [6, 6.07) is 3.97. The molecule has 0 fully saturated rings. The van der Waals surface area contributed by atoms with Crippen LogP contribution in [-0.4, -0.2) is 36.3 Å². The van der Waals surface area contributed by atoms with Crippen molar-refractivity contribution in [3.05, 3.63) is 33.9 Å². The molecule has 0 saturated carbocycles. The zero-order valence-corrected chi connectivity index (χ0v) is 9.17. The Bertz CT molecular complexity index is 433. The Morgan fingerprint density at radius 3 is 2.82 bits per heavy atom. The molecule has 1 rings (SSSR count). The molecule has 17 heavy (non-hydrogen) atoms. The van der Waals surface area contributed by atoms with Crippen molar-refractivity contribution in [3.8, 4) is 0 Å². The fourth-order valence-electron chi connectivity index (χ4n) is 1.24. The van der Waals surface area contributed by atoms with Crippen molar-refractivity contribution in [3.63, 3.8) is 0 Å². The molecule has 2 N–H and O–H groups in total. The molecule has 0 aromatic heterocycles. The summed E-state index contributed by atoms with van der Waals surface area (Å²) in [7, 11) is 1.55. The van der Waals surface area contributed by atoms with Crippen LogP contribution in [0.3, 0.4) is 0 Å². The molecule has 0 bridgehead atoms. The number of carbonyl (C=O) groups is 1. The molecule has 7 heteroatoms. The topological polar surface area (TPSA) is 102 Å². The van der Waals surface area contributed by atoms with Gasteiger partial charge in [-0.3, -0.25) is 10.1 Å². The van der Waals surface area contributed by atoms with E-state index in [1.165, 1.54) is 12.1 Å². The zero-order chi connectivity index (χ0) is 12.8. The van der Waals surface area contributed by atoms with E-state index in [0.717, 1.165) is 6.07 Å². The molecule has 0 radical (unpaired) electrons. The maximum atomic E-state index is 11.4. The van der Waals surface area contributed by atoms with E-state index in [4.69, 9.17) is 5.11 Å². The highest BCUT2D eigenvalue weighted by molar-refractivity contribution is 5.91. The molecule has 0 amide bonds. The summed E-state index contributed by atoms with van der Waals surface area (Å²) in [5.74, 6) is -0.704. The van der Waals surface area contributed by atoms with Crippen LogP contribution in [0.2, 0.25) is 0 Å². The Morgan fingerprint density at radius 2 is 2.29 bits per heavy atom. The molecule has 1 aromatic rings. The number of aliphatic hydroxyl groups excluding tert-OH is 1. The number of rotatable bonds is 5. The van der Waals surface area contributed by atoms with Crippen LogP contribution in [0.1, 0.15) is 10.4 Å². The van der Waals surface area contributed by atoms with Gasteiger partial charge in [0.15, 0.2) is 0 Å². The molecule has 0 atom stereocenters. The fourth-order valence-corrected chi connectivity index (χ4v) is 1.24. The van der Waals surface area contributed by atoms with Gasteiger partial charge >= 0.3 is 5.97 Å². The highest BCUT2D eigenvalue weighted by Crippen LogP contribution is 2.25. The van der Waals surface area contributed by atoms with Gasteiger partial charge in [0, 0.05) is 13.1 Å². The Balaban J connectivity index is 2.99. The largest absolute Gasteiger partial charge is 0.460 e. The highest BCUT2D eigenvalue weighted by atomic mass is 16.6. The van der Waals surface area contributed by atoms with Crippen molar-refractivity contribution < 1.29 is 19.6 Å². The Kier molecular flexibility index (Phi) is 4.41. The Hall–Kier alpha value is -2.15. The monoisotopic (exact) mass is 240 g/mol. The molecule has 0 unspecified atom stereocenters. The van der Waals surface area contributed by atoms with Crippen molar-refractivity contribution in [1.29, 1.82) is 0 Å². The second-order valence-corrected chi connectivity index (χ2v) is 3.10. The maximum Gasteiger partial charge on any atom is 0.338 e. The van der Waals surface area contributed by atoms with Crippen LogP contribution in [0, 0.1) is 10.1 Å². The van der Waals surface area contributed by atoms with Crippen molar-refractivity contribution in [2.24, 2.45) is 0 Å². The number of aliphatic hydroxyl groups is 1. The van der Waals surface area contributed by atoms with Gasteiger partial charge in [0.25, 0.3) is 5.69 Å². The highest BCUT2D eigenvalue weighted by Gasteiger charge is 2.17. The minimum absolute atomic E-state index is 0.0733. The normalized spacial score (nSPS) is 9.76. The molecule has 0 heterocycles. The van der Waals surface area contributed by atoms with Crippen molar-refractivity contribution >= 4 is 17.3 Å². The Labute approximate surface area is 97.2 Å². The lowest BCUT2D eigenvalue weighted by Crippen LogP contribution is -2.09. The van der Waals surface area contributed by atoms with Gasteiger partial charge in [0.2, 0.25) is 0 Å². The second-order valence-electron chi connectivity index (χ2n) is 3.10. The maximum absolute atomic E-state index is 11.4. The van der Waals surface area contributed by atoms with Gasteiger partial charge in [-0.05, 0) is 12.1 Å². The number of carbonyl (C=O) groups excluding carboxylic acids is 1. The van der Waals surface area contributed by atoms with Crippen LogP contribution in [0.4, 0.5) is 11.4 Å². The number of hydrogen-bond donors (Lipinski definition) is 2. The van der Waals surface area contributed by atoms with Gasteiger partial charge in [-0.15, -0.1) is 0 Å². The van der Waals surface area contributed by atoms with E-state index >= 15 is 0 Å². The third-order valence-electron chi connectivity index (χ3n) is 2.02. The van der Waals surface area contributed by atoms with E-state index in [9.17, 15) is 14.9 Å². The Morgan fingerprint density at radius 1 is 1.59 bits per heavy atom. The number of benzene rings is 1. The smallest absolute Gasteiger partial charge is 0.338 e. The number of hydrogen-bond acceptors (Lipinski definition) is 6. The average molecular weight is 240 g/mol. The number of esters is 1. The first-order valence-electron chi connectivity index (χ1n) is 4.84. The van der Waals surface area contributed by atoms with Crippen molar-refractivity contribution in [2.75, 3.05) is 25.6 Å². The van der Waals surface area contributed by atoms with Crippen molar-refractivity contribution in [1.82, 2.24) is 0 Å². The number of nitrogens with zero attached hydrogens (tertiary/aromatic N) is 1. The van der Waals surface area contributed by atoms with E-state index in [2.05, 4.69) is 10.1 Å². The van der Waals surface area contributed by atoms with Gasteiger partial charge in [0.05, 0.1) is 17.1 Å². The number of ether oxygens (including phenoxy) is 1. The summed E-state index contributed by atoms with van der Waals surface area (Å²) in [6.45, 7) is -0.428. The molecular formula is C10H12N2O5. The minimum Gasteiger partial charge on any atom is -0.460 e. The van der Waals surface area contributed by atoms with Gasteiger partial charge in [0.1, 0.15) is 12.3 Å². The third kappa shape index (κ3) is 3.15. The molecule has 0 spiro atoms. The summed E-state index contributed by atoms with van der Waals surface area (Å²) in [4.78, 5) is 21.6. The zero-order valence-electron chi connectivity index (χ0n) is 9.17. The fraction of sp³-hybridized carbons (Fsp3) is 0.300. The molecule has 0 aliphatic rings. The van der Waals surface area contributed by atoms with Crippen LogP contribution in [-0.2, 0) is 4.74 Å².